The number of carbonyl (C=O) groups is 4. The van der Waals surface area contributed by atoms with Crippen LogP contribution in [0.5, 0.6) is 0 Å². The molecule has 4 unspecified atom stereocenters. The Labute approximate surface area is 175 Å². The average Bonchev–Trinajstić information content (AvgIpc) is 3.19. The highest BCUT2D eigenvalue weighted by Gasteiger charge is 2.38. The molecule has 4 atom stereocenters. The Hall–Kier alpha value is -1.89. The number of likely N-dealkylation sites (tertiary alicyclic amines) is 1. The van der Waals surface area contributed by atoms with E-state index in [1.165, 1.54) is 0 Å². The van der Waals surface area contributed by atoms with E-state index in [1.807, 2.05) is 0 Å². The van der Waals surface area contributed by atoms with Crippen molar-refractivity contribution >= 4 is 36.3 Å². The maximum atomic E-state index is 12.6. The van der Waals surface area contributed by atoms with Crippen LogP contribution in [-0.2, 0) is 19.2 Å². The van der Waals surface area contributed by atoms with Crippen molar-refractivity contribution in [1.29, 1.82) is 0 Å². The summed E-state index contributed by atoms with van der Waals surface area (Å²) in [5.74, 6) is -3.13. The molecule has 0 aromatic heterocycles. The van der Waals surface area contributed by atoms with Crippen LogP contribution in [0.1, 0.15) is 32.1 Å². The van der Waals surface area contributed by atoms with Crippen LogP contribution in [0.3, 0.4) is 0 Å². The van der Waals surface area contributed by atoms with Crippen LogP contribution in [0.15, 0.2) is 0 Å². The first-order valence-electron chi connectivity index (χ1n) is 9.58. The van der Waals surface area contributed by atoms with Crippen molar-refractivity contribution in [2.24, 2.45) is 11.5 Å². The summed E-state index contributed by atoms with van der Waals surface area (Å²) in [6.07, 6.45) is 2.64. The highest BCUT2D eigenvalue weighted by atomic mass is 32.1. The van der Waals surface area contributed by atoms with Gasteiger partial charge in [-0.1, -0.05) is 6.42 Å². The molecule has 1 aliphatic heterocycles. The van der Waals surface area contributed by atoms with Gasteiger partial charge in [0.1, 0.15) is 18.1 Å². The lowest BCUT2D eigenvalue weighted by Gasteiger charge is -2.27. The van der Waals surface area contributed by atoms with Gasteiger partial charge in [0.2, 0.25) is 17.7 Å². The third kappa shape index (κ3) is 7.46. The van der Waals surface area contributed by atoms with E-state index >= 15 is 0 Å². The first-order chi connectivity index (χ1) is 13.8. The zero-order chi connectivity index (χ0) is 22.0. The lowest BCUT2D eigenvalue weighted by atomic mass is 10.1. The molecule has 1 heterocycles. The number of nitrogens with two attached hydrogens (primary N) is 2. The number of hydrogen-bond acceptors (Lipinski definition) is 8. The molecule has 3 amide bonds. The first-order valence-corrected chi connectivity index (χ1v) is 10.2. The van der Waals surface area contributed by atoms with E-state index in [0.29, 0.717) is 32.2 Å². The van der Waals surface area contributed by atoms with Gasteiger partial charge in [0.15, 0.2) is 0 Å². The predicted octanol–water partition coefficient (Wildman–Crippen LogP) is -2.59. The van der Waals surface area contributed by atoms with Crippen LogP contribution >= 0.6 is 12.6 Å². The number of nitrogens with zero attached hydrogens (tertiary/aromatic N) is 1. The Morgan fingerprint density at radius 3 is 2.34 bits per heavy atom. The summed E-state index contributed by atoms with van der Waals surface area (Å²) < 4.78 is 0. The normalized spacial score (nSPS) is 19.3. The fourth-order valence-corrected chi connectivity index (χ4v) is 3.31. The van der Waals surface area contributed by atoms with Gasteiger partial charge in [-0.3, -0.25) is 14.4 Å². The Morgan fingerprint density at radius 2 is 1.79 bits per heavy atom. The van der Waals surface area contributed by atoms with E-state index in [4.69, 9.17) is 11.5 Å². The van der Waals surface area contributed by atoms with Gasteiger partial charge in [0.25, 0.3) is 0 Å². The summed E-state index contributed by atoms with van der Waals surface area (Å²) in [5, 5.41) is 23.6. The minimum atomic E-state index is -1.32. The summed E-state index contributed by atoms with van der Waals surface area (Å²) in [6.45, 7) is 0.0121. The summed E-state index contributed by atoms with van der Waals surface area (Å²) >= 11 is 4.05. The quantitative estimate of drug-likeness (QED) is 0.129. The van der Waals surface area contributed by atoms with Gasteiger partial charge in [-0.2, -0.15) is 12.6 Å². The molecule has 8 N–H and O–H groups in total. The van der Waals surface area contributed by atoms with Gasteiger partial charge in [0.05, 0.1) is 12.6 Å². The molecule has 0 radical (unpaired) electrons. The molecule has 1 aliphatic rings. The molecular weight excluding hydrogens is 402 g/mol. The second-order valence-corrected chi connectivity index (χ2v) is 7.27. The largest absolute Gasteiger partial charge is 0.480 e. The molecule has 166 valence electrons. The number of nitrogens with one attached hydrogen (secondary N) is 2. The molecule has 1 fully saturated rings. The maximum absolute atomic E-state index is 12.6. The highest BCUT2D eigenvalue weighted by Crippen LogP contribution is 2.18. The van der Waals surface area contributed by atoms with Gasteiger partial charge in [-0.15, -0.1) is 0 Å². The zero-order valence-corrected chi connectivity index (χ0v) is 17.1. The number of carboxylic acids is 1. The number of hydrogen-bond donors (Lipinski definition) is 7. The number of aliphatic hydroxyl groups is 1. The lowest BCUT2D eigenvalue weighted by Crippen LogP contribution is -2.58. The minimum Gasteiger partial charge on any atom is -0.480 e. The number of thiol groups is 1. The van der Waals surface area contributed by atoms with Crippen molar-refractivity contribution in [1.82, 2.24) is 15.5 Å². The number of carboxylic acid groups (broad SMARTS) is 1. The SMILES string of the molecule is NCCCCC(N)C(=O)NC(CS)C(=O)NC(CO)C(=O)N1CCCC1C(=O)O. The van der Waals surface area contributed by atoms with E-state index in [2.05, 4.69) is 23.3 Å². The van der Waals surface area contributed by atoms with E-state index in [0.717, 1.165) is 11.3 Å². The zero-order valence-electron chi connectivity index (χ0n) is 16.2. The van der Waals surface area contributed by atoms with Crippen molar-refractivity contribution in [3.05, 3.63) is 0 Å². The molecule has 0 saturated carbocycles. The molecule has 0 bridgehead atoms. The fraction of sp³-hybridized carbons (Fsp3) is 0.765. The lowest BCUT2D eigenvalue weighted by molar-refractivity contribution is -0.150. The van der Waals surface area contributed by atoms with Gasteiger partial charge in [0, 0.05) is 12.3 Å². The van der Waals surface area contributed by atoms with Crippen molar-refractivity contribution < 1.29 is 29.4 Å². The van der Waals surface area contributed by atoms with Crippen LogP contribution < -0.4 is 22.1 Å². The number of unbranched alkanes of at least 4 members (excludes halogenated alkanes) is 1. The smallest absolute Gasteiger partial charge is 0.326 e. The van der Waals surface area contributed by atoms with E-state index in [-0.39, 0.29) is 12.3 Å². The highest BCUT2D eigenvalue weighted by molar-refractivity contribution is 7.80. The third-order valence-corrected chi connectivity index (χ3v) is 5.10. The van der Waals surface area contributed by atoms with Gasteiger partial charge in [-0.25, -0.2) is 4.79 Å². The van der Waals surface area contributed by atoms with Crippen LogP contribution in [-0.4, -0.2) is 88.4 Å². The van der Waals surface area contributed by atoms with E-state index in [9.17, 15) is 29.4 Å². The number of amides is 3. The number of aliphatic hydroxyl groups excluding tert-OH is 1. The topological polar surface area (TPSA) is 188 Å². The van der Waals surface area contributed by atoms with Gasteiger partial charge >= 0.3 is 5.97 Å². The Kier molecular flexibility index (Phi) is 10.9. The molecule has 12 heteroatoms. The molecule has 0 aromatic rings. The third-order valence-electron chi connectivity index (χ3n) is 4.74. The summed E-state index contributed by atoms with van der Waals surface area (Å²) in [4.78, 5) is 49.6. The van der Waals surface area contributed by atoms with Crippen molar-refractivity contribution in [2.75, 3.05) is 25.4 Å². The Morgan fingerprint density at radius 1 is 1.14 bits per heavy atom. The summed E-state index contributed by atoms with van der Waals surface area (Å²) in [7, 11) is 0. The van der Waals surface area contributed by atoms with E-state index in [1.54, 1.807) is 0 Å². The van der Waals surface area contributed by atoms with Crippen LogP contribution in [0.25, 0.3) is 0 Å². The van der Waals surface area contributed by atoms with Crippen molar-refractivity contribution in [3.8, 4) is 0 Å². The molecule has 0 spiro atoms. The second kappa shape index (κ2) is 12.6. The summed E-state index contributed by atoms with van der Waals surface area (Å²) in [5.41, 5.74) is 11.2. The van der Waals surface area contributed by atoms with Crippen LogP contribution in [0.4, 0.5) is 0 Å². The number of aliphatic carboxylic acids is 1. The Balaban J connectivity index is 2.67. The predicted molar refractivity (Wildman–Crippen MR) is 108 cm³/mol. The molecular formula is C17H31N5O6S. The molecule has 1 rings (SSSR count). The van der Waals surface area contributed by atoms with Crippen molar-refractivity contribution in [3.63, 3.8) is 0 Å². The first kappa shape index (κ1) is 25.1. The van der Waals surface area contributed by atoms with E-state index < -0.39 is 54.5 Å². The Bertz CT molecular complexity index is 593. The van der Waals surface area contributed by atoms with Crippen LogP contribution in [0.2, 0.25) is 0 Å². The molecule has 1 saturated heterocycles. The van der Waals surface area contributed by atoms with Gasteiger partial charge in [-0.05, 0) is 32.2 Å². The number of carbonyl (C=O) groups excluding carboxylic acids is 3. The standard InChI is InChI=1S/C17H31N5O6S/c18-6-2-1-4-10(19)14(24)21-12(9-29)15(25)20-11(8-23)16(26)22-7-3-5-13(22)17(27)28/h10-13,23,29H,1-9,18-19H2,(H,20,25)(H,21,24)(H,27,28). The van der Waals surface area contributed by atoms with Gasteiger partial charge < -0.3 is 37.2 Å². The monoisotopic (exact) mass is 433 g/mol. The number of rotatable bonds is 12. The minimum absolute atomic E-state index is 0.0547. The summed E-state index contributed by atoms with van der Waals surface area (Å²) in [6, 6.07) is -4.18. The van der Waals surface area contributed by atoms with Crippen molar-refractivity contribution in [2.45, 2.75) is 56.3 Å². The fourth-order valence-electron chi connectivity index (χ4n) is 3.06. The molecule has 11 nitrogen and oxygen atoms in total. The molecule has 0 aliphatic carbocycles. The molecule has 0 aromatic carbocycles. The average molecular weight is 434 g/mol. The second-order valence-electron chi connectivity index (χ2n) is 6.91. The molecule has 29 heavy (non-hydrogen) atoms. The maximum Gasteiger partial charge on any atom is 0.326 e. The van der Waals surface area contributed by atoms with Crippen LogP contribution in [0, 0.1) is 0 Å².